The van der Waals surface area contributed by atoms with Gasteiger partial charge in [-0.1, -0.05) is 6.07 Å². The van der Waals surface area contributed by atoms with Gasteiger partial charge in [0.15, 0.2) is 0 Å². The van der Waals surface area contributed by atoms with Gasteiger partial charge in [-0.2, -0.15) is 0 Å². The summed E-state index contributed by atoms with van der Waals surface area (Å²) in [6, 6.07) is 11.4. The number of hydrogen-bond donors (Lipinski definition) is 3. The molecule has 3 N–H and O–H groups in total. The number of aromatic nitrogens is 1. The molecule has 4 rings (SSSR count). The highest BCUT2D eigenvalue weighted by Gasteiger charge is 2.17. The van der Waals surface area contributed by atoms with Crippen LogP contribution >= 0.6 is 0 Å². The molecule has 0 saturated carbocycles. The molecule has 2 amide bonds. The van der Waals surface area contributed by atoms with Crippen molar-refractivity contribution >= 4 is 28.4 Å². The van der Waals surface area contributed by atoms with Gasteiger partial charge in [0, 0.05) is 41.3 Å². The maximum Gasteiger partial charge on any atom is 0.251 e. The van der Waals surface area contributed by atoms with Crippen LogP contribution in [0.25, 0.3) is 10.9 Å². The lowest BCUT2D eigenvalue weighted by molar-refractivity contribution is -0.116. The Hall–Kier alpha value is -3.28. The van der Waals surface area contributed by atoms with Gasteiger partial charge in [0.2, 0.25) is 5.91 Å². The van der Waals surface area contributed by atoms with Crippen LogP contribution in [0, 0.1) is 0 Å². The van der Waals surface area contributed by atoms with Crippen LogP contribution in [0.1, 0.15) is 34.8 Å². The quantitative estimate of drug-likeness (QED) is 0.615. The highest BCUT2D eigenvalue weighted by Crippen LogP contribution is 2.29. The highest BCUT2D eigenvalue weighted by atomic mass is 16.5. The first-order valence-corrected chi connectivity index (χ1v) is 9.58. The van der Waals surface area contributed by atoms with E-state index in [2.05, 4.69) is 15.6 Å². The molecule has 6 heteroatoms. The van der Waals surface area contributed by atoms with Gasteiger partial charge in [0.1, 0.15) is 5.75 Å². The van der Waals surface area contributed by atoms with Crippen molar-refractivity contribution in [2.24, 2.45) is 0 Å². The Morgan fingerprint density at radius 1 is 1.21 bits per heavy atom. The number of ether oxygens (including phenoxy) is 1. The summed E-state index contributed by atoms with van der Waals surface area (Å²) in [7, 11) is 0. The van der Waals surface area contributed by atoms with E-state index in [1.807, 2.05) is 37.4 Å². The van der Waals surface area contributed by atoms with Crippen LogP contribution in [0.3, 0.4) is 0 Å². The third-order valence-electron chi connectivity index (χ3n) is 4.99. The van der Waals surface area contributed by atoms with Crippen molar-refractivity contribution in [3.8, 4) is 5.75 Å². The molecule has 6 nitrogen and oxygen atoms in total. The maximum absolute atomic E-state index is 12.5. The third kappa shape index (κ3) is 3.58. The largest absolute Gasteiger partial charge is 0.493 e. The molecule has 2 aromatic carbocycles. The van der Waals surface area contributed by atoms with Crippen molar-refractivity contribution in [1.82, 2.24) is 10.3 Å². The fraction of sp³-hybridized carbons (Fsp3) is 0.273. The van der Waals surface area contributed by atoms with E-state index >= 15 is 0 Å². The molecule has 0 unspecified atom stereocenters. The number of nitrogens with one attached hydrogen (secondary N) is 3. The van der Waals surface area contributed by atoms with Crippen molar-refractivity contribution in [3.63, 3.8) is 0 Å². The zero-order valence-electron chi connectivity index (χ0n) is 15.8. The van der Waals surface area contributed by atoms with Gasteiger partial charge in [-0.05, 0) is 61.2 Å². The monoisotopic (exact) mass is 377 g/mol. The molecule has 144 valence electrons. The number of aromatic amines is 1. The molecular weight excluding hydrogens is 354 g/mol. The summed E-state index contributed by atoms with van der Waals surface area (Å²) in [6.07, 6.45) is 3.80. The standard InChI is InChI=1S/C22H23N3O3/c1-2-28-19-5-3-4-18-21(19)16(13-24-18)10-11-23-22(27)15-6-8-17-14(12-15)7-9-20(26)25-17/h3-6,8,12-13,24H,2,7,9-11H2,1H3,(H,23,27)(H,25,26). The summed E-state index contributed by atoms with van der Waals surface area (Å²) < 4.78 is 5.74. The minimum atomic E-state index is -0.107. The van der Waals surface area contributed by atoms with E-state index in [-0.39, 0.29) is 11.8 Å². The predicted molar refractivity (Wildman–Crippen MR) is 109 cm³/mol. The second-order valence-corrected chi connectivity index (χ2v) is 6.85. The number of anilines is 1. The first-order chi connectivity index (χ1) is 13.7. The average Bonchev–Trinajstić information content (AvgIpc) is 3.12. The number of benzene rings is 2. The second-order valence-electron chi connectivity index (χ2n) is 6.85. The van der Waals surface area contributed by atoms with E-state index in [1.54, 1.807) is 12.1 Å². The number of H-pyrrole nitrogens is 1. The number of carbonyl (C=O) groups is 2. The fourth-order valence-corrected chi connectivity index (χ4v) is 3.63. The molecule has 0 fully saturated rings. The lowest BCUT2D eigenvalue weighted by Gasteiger charge is -2.17. The third-order valence-corrected chi connectivity index (χ3v) is 4.99. The van der Waals surface area contributed by atoms with Crippen molar-refractivity contribution in [2.45, 2.75) is 26.2 Å². The van der Waals surface area contributed by atoms with E-state index in [9.17, 15) is 9.59 Å². The SMILES string of the molecule is CCOc1cccc2[nH]cc(CCNC(=O)c3ccc4c(c3)CCC(=O)N4)c12. The average molecular weight is 377 g/mol. The molecule has 0 atom stereocenters. The van der Waals surface area contributed by atoms with Gasteiger partial charge in [-0.25, -0.2) is 0 Å². The van der Waals surface area contributed by atoms with Crippen LogP contribution in [0.4, 0.5) is 5.69 Å². The van der Waals surface area contributed by atoms with Crippen LogP contribution < -0.4 is 15.4 Å². The Morgan fingerprint density at radius 2 is 2.11 bits per heavy atom. The Balaban J connectivity index is 1.42. The smallest absolute Gasteiger partial charge is 0.251 e. The van der Waals surface area contributed by atoms with Gasteiger partial charge in [-0.15, -0.1) is 0 Å². The van der Waals surface area contributed by atoms with Crippen LogP contribution in [0.15, 0.2) is 42.6 Å². The van der Waals surface area contributed by atoms with Crippen LogP contribution in [0.2, 0.25) is 0 Å². The van der Waals surface area contributed by atoms with Gasteiger partial charge >= 0.3 is 0 Å². The minimum Gasteiger partial charge on any atom is -0.493 e. The first-order valence-electron chi connectivity index (χ1n) is 9.58. The summed E-state index contributed by atoms with van der Waals surface area (Å²) in [5, 5.41) is 6.89. The molecule has 1 aromatic heterocycles. The molecule has 3 aromatic rings. The predicted octanol–water partition coefficient (Wildman–Crippen LogP) is 3.42. The van der Waals surface area contributed by atoms with Gasteiger partial charge in [-0.3, -0.25) is 9.59 Å². The Bertz CT molecular complexity index is 1040. The number of amides is 2. The van der Waals surface area contributed by atoms with Crippen molar-refractivity contribution < 1.29 is 14.3 Å². The second kappa shape index (κ2) is 7.76. The fourth-order valence-electron chi connectivity index (χ4n) is 3.63. The lowest BCUT2D eigenvalue weighted by Crippen LogP contribution is -2.26. The summed E-state index contributed by atoms with van der Waals surface area (Å²) >= 11 is 0. The van der Waals surface area contributed by atoms with E-state index in [1.165, 1.54) is 0 Å². The summed E-state index contributed by atoms with van der Waals surface area (Å²) in [5.41, 5.74) is 4.57. The van der Waals surface area contributed by atoms with Crippen molar-refractivity contribution in [1.29, 1.82) is 0 Å². The Kier molecular flexibility index (Phi) is 5.02. The summed E-state index contributed by atoms with van der Waals surface area (Å²) in [6.45, 7) is 3.11. The Morgan fingerprint density at radius 3 is 2.96 bits per heavy atom. The summed E-state index contributed by atoms with van der Waals surface area (Å²) in [4.78, 5) is 27.2. The van der Waals surface area contributed by atoms with Gasteiger partial charge in [0.05, 0.1) is 6.61 Å². The number of hydrogen-bond acceptors (Lipinski definition) is 3. The lowest BCUT2D eigenvalue weighted by atomic mass is 10.00. The molecule has 2 heterocycles. The zero-order valence-corrected chi connectivity index (χ0v) is 15.8. The molecular formula is C22H23N3O3. The maximum atomic E-state index is 12.5. The molecule has 0 spiro atoms. The molecule has 1 aliphatic heterocycles. The minimum absolute atomic E-state index is 0.0230. The molecule has 28 heavy (non-hydrogen) atoms. The highest BCUT2D eigenvalue weighted by molar-refractivity contribution is 5.98. The zero-order chi connectivity index (χ0) is 19.5. The van der Waals surface area contributed by atoms with Gasteiger partial charge in [0.25, 0.3) is 5.91 Å². The van der Waals surface area contributed by atoms with E-state index in [0.29, 0.717) is 38.0 Å². The molecule has 0 saturated heterocycles. The number of rotatable bonds is 6. The summed E-state index contributed by atoms with van der Waals surface area (Å²) in [5.74, 6) is 0.777. The van der Waals surface area contributed by atoms with E-state index in [4.69, 9.17) is 4.74 Å². The van der Waals surface area contributed by atoms with Crippen LogP contribution in [-0.2, 0) is 17.6 Å². The Labute approximate surface area is 163 Å². The normalized spacial score (nSPS) is 13.1. The van der Waals surface area contributed by atoms with E-state index in [0.717, 1.165) is 33.5 Å². The number of fused-ring (bicyclic) bond motifs is 2. The van der Waals surface area contributed by atoms with Crippen molar-refractivity contribution in [3.05, 3.63) is 59.3 Å². The molecule has 1 aliphatic rings. The molecule has 0 bridgehead atoms. The molecule has 0 radical (unpaired) electrons. The van der Waals surface area contributed by atoms with E-state index < -0.39 is 0 Å². The first kappa shape index (κ1) is 18.1. The van der Waals surface area contributed by atoms with Crippen LogP contribution in [-0.4, -0.2) is 29.9 Å². The van der Waals surface area contributed by atoms with Gasteiger partial charge < -0.3 is 20.4 Å². The number of aryl methyl sites for hydroxylation is 1. The van der Waals surface area contributed by atoms with Crippen LogP contribution in [0.5, 0.6) is 5.75 Å². The molecule has 0 aliphatic carbocycles. The number of carbonyl (C=O) groups excluding carboxylic acids is 2. The van der Waals surface area contributed by atoms with Crippen molar-refractivity contribution in [2.75, 3.05) is 18.5 Å². The topological polar surface area (TPSA) is 83.2 Å².